The summed E-state index contributed by atoms with van der Waals surface area (Å²) in [4.78, 5) is 17.6. The van der Waals surface area contributed by atoms with Gasteiger partial charge >= 0.3 is 5.97 Å². The minimum Gasteiger partial charge on any atom is -0.480 e. The fourth-order valence-corrected chi connectivity index (χ4v) is 8.32. The standard InChI is InChI=1S/C37H50N4O2/c1-2-41-26-32(19-18-28-12-6-3-7-13-28)35(38-41)30-20-22-39(23-21-30)24-33-25-40(27-34(33)29-14-8-4-9-15-29)36(37(42)43)31-16-10-5-11-17-31/h3-4,6-9,12-15,26,30-31,33-34,36H,2,5,10-11,16-25,27H2,1H3,(H,42,43)/t33-,34+,36+/m0/s1. The maximum absolute atomic E-state index is 12.6. The summed E-state index contributed by atoms with van der Waals surface area (Å²) in [5.41, 5.74) is 5.50. The normalized spacial score (nSPS) is 23.5. The molecule has 1 aliphatic carbocycles. The van der Waals surface area contributed by atoms with Crippen LogP contribution in [0.3, 0.4) is 0 Å². The molecule has 0 unspecified atom stereocenters. The lowest BCUT2D eigenvalue weighted by Gasteiger charge is -2.35. The van der Waals surface area contributed by atoms with E-state index in [9.17, 15) is 9.90 Å². The molecule has 0 spiro atoms. The summed E-state index contributed by atoms with van der Waals surface area (Å²) >= 11 is 0. The molecular weight excluding hydrogens is 532 g/mol. The van der Waals surface area contributed by atoms with Gasteiger partial charge in [0, 0.05) is 44.2 Å². The fourth-order valence-electron chi connectivity index (χ4n) is 8.32. The number of piperidine rings is 1. The first-order valence-electron chi connectivity index (χ1n) is 16.9. The van der Waals surface area contributed by atoms with Gasteiger partial charge in [0.25, 0.3) is 0 Å². The van der Waals surface area contributed by atoms with Crippen LogP contribution in [0, 0.1) is 11.8 Å². The number of aromatic nitrogens is 2. The Hall–Kier alpha value is -2.96. The minimum absolute atomic E-state index is 0.288. The van der Waals surface area contributed by atoms with E-state index in [0.29, 0.717) is 17.8 Å². The molecule has 2 aromatic carbocycles. The second kappa shape index (κ2) is 14.2. The van der Waals surface area contributed by atoms with Crippen LogP contribution in [0.15, 0.2) is 66.9 Å². The predicted octanol–water partition coefficient (Wildman–Crippen LogP) is 6.62. The van der Waals surface area contributed by atoms with Crippen molar-refractivity contribution in [1.82, 2.24) is 19.6 Å². The molecule has 2 aliphatic heterocycles. The number of hydrogen-bond donors (Lipinski definition) is 1. The van der Waals surface area contributed by atoms with Gasteiger partial charge in [-0.1, -0.05) is 79.9 Å². The average molecular weight is 583 g/mol. The van der Waals surface area contributed by atoms with Gasteiger partial charge in [0.15, 0.2) is 0 Å². The maximum atomic E-state index is 12.6. The largest absolute Gasteiger partial charge is 0.480 e. The molecule has 6 heteroatoms. The van der Waals surface area contributed by atoms with Gasteiger partial charge in [0.05, 0.1) is 5.69 Å². The van der Waals surface area contributed by atoms with Crippen LogP contribution in [0.1, 0.15) is 86.1 Å². The van der Waals surface area contributed by atoms with E-state index < -0.39 is 5.97 Å². The number of carbonyl (C=O) groups is 1. The van der Waals surface area contributed by atoms with Crippen molar-refractivity contribution in [3.8, 4) is 0 Å². The smallest absolute Gasteiger partial charge is 0.321 e. The summed E-state index contributed by atoms with van der Waals surface area (Å²) in [6.07, 6.45) is 12.4. The van der Waals surface area contributed by atoms with E-state index in [-0.39, 0.29) is 12.0 Å². The van der Waals surface area contributed by atoms with Gasteiger partial charge < -0.3 is 10.0 Å². The molecule has 1 saturated carbocycles. The van der Waals surface area contributed by atoms with Gasteiger partial charge in [-0.2, -0.15) is 5.10 Å². The van der Waals surface area contributed by atoms with Crippen molar-refractivity contribution in [2.24, 2.45) is 11.8 Å². The van der Waals surface area contributed by atoms with Crippen LogP contribution in [-0.2, 0) is 24.2 Å². The highest BCUT2D eigenvalue weighted by Crippen LogP contribution is 2.39. The molecule has 43 heavy (non-hydrogen) atoms. The lowest BCUT2D eigenvalue weighted by molar-refractivity contribution is -0.145. The summed E-state index contributed by atoms with van der Waals surface area (Å²) in [5, 5.41) is 15.4. The highest BCUT2D eigenvalue weighted by Gasteiger charge is 2.43. The Morgan fingerprint density at radius 3 is 2.28 bits per heavy atom. The van der Waals surface area contributed by atoms with Crippen LogP contribution in [0.4, 0.5) is 0 Å². The van der Waals surface area contributed by atoms with Crippen molar-refractivity contribution in [2.45, 2.75) is 89.1 Å². The van der Waals surface area contributed by atoms with Crippen LogP contribution in [0.25, 0.3) is 0 Å². The Balaban J connectivity index is 1.11. The summed E-state index contributed by atoms with van der Waals surface area (Å²) in [6.45, 7) is 8.06. The molecule has 0 radical (unpaired) electrons. The van der Waals surface area contributed by atoms with Crippen LogP contribution < -0.4 is 0 Å². The topological polar surface area (TPSA) is 61.6 Å². The van der Waals surface area contributed by atoms with Crippen LogP contribution in [-0.4, -0.2) is 69.4 Å². The van der Waals surface area contributed by atoms with Gasteiger partial charge in [-0.25, -0.2) is 0 Å². The number of aliphatic carboxylic acids is 1. The number of aryl methyl sites for hydroxylation is 3. The third kappa shape index (κ3) is 7.24. The molecular formula is C37H50N4O2. The van der Waals surface area contributed by atoms with Gasteiger partial charge in [0.1, 0.15) is 6.04 Å². The van der Waals surface area contributed by atoms with Crippen molar-refractivity contribution in [3.05, 3.63) is 89.2 Å². The second-order valence-corrected chi connectivity index (χ2v) is 13.4. The Morgan fingerprint density at radius 2 is 1.60 bits per heavy atom. The van der Waals surface area contributed by atoms with Crippen molar-refractivity contribution >= 4 is 5.97 Å². The van der Waals surface area contributed by atoms with Gasteiger partial charge in [0.2, 0.25) is 0 Å². The molecule has 6 nitrogen and oxygen atoms in total. The van der Waals surface area contributed by atoms with Gasteiger partial charge in [-0.15, -0.1) is 0 Å². The molecule has 1 N–H and O–H groups in total. The monoisotopic (exact) mass is 582 g/mol. The Kier molecular flexibility index (Phi) is 9.95. The number of carboxylic acid groups (broad SMARTS) is 1. The molecule has 3 aliphatic rings. The van der Waals surface area contributed by atoms with Crippen LogP contribution >= 0.6 is 0 Å². The highest BCUT2D eigenvalue weighted by atomic mass is 16.4. The Bertz CT molecular complexity index is 1290. The molecule has 3 fully saturated rings. The van der Waals surface area contributed by atoms with Crippen LogP contribution in [0.5, 0.6) is 0 Å². The van der Waals surface area contributed by atoms with Crippen LogP contribution in [0.2, 0.25) is 0 Å². The van der Waals surface area contributed by atoms with E-state index in [4.69, 9.17) is 5.10 Å². The second-order valence-electron chi connectivity index (χ2n) is 13.4. The molecule has 3 aromatic rings. The molecule has 3 atom stereocenters. The van der Waals surface area contributed by atoms with E-state index in [1.807, 2.05) is 0 Å². The number of carboxylic acids is 1. The lowest BCUT2D eigenvalue weighted by atomic mass is 9.83. The Labute approximate surface area is 258 Å². The van der Waals surface area contributed by atoms with Gasteiger partial charge in [-0.05, 0) is 87.1 Å². The molecule has 0 bridgehead atoms. The molecule has 6 rings (SSSR count). The Morgan fingerprint density at radius 1 is 0.907 bits per heavy atom. The average Bonchev–Trinajstić information content (AvgIpc) is 3.66. The van der Waals surface area contributed by atoms with E-state index in [0.717, 1.165) is 77.8 Å². The molecule has 3 heterocycles. The third-order valence-electron chi connectivity index (χ3n) is 10.6. The van der Waals surface area contributed by atoms with E-state index in [2.05, 4.69) is 88.3 Å². The van der Waals surface area contributed by atoms with Crippen molar-refractivity contribution in [2.75, 3.05) is 32.7 Å². The zero-order valence-electron chi connectivity index (χ0n) is 26.0. The van der Waals surface area contributed by atoms with Crippen molar-refractivity contribution in [1.29, 1.82) is 0 Å². The molecule has 1 aromatic heterocycles. The predicted molar refractivity (Wildman–Crippen MR) is 172 cm³/mol. The van der Waals surface area contributed by atoms with Crippen molar-refractivity contribution in [3.63, 3.8) is 0 Å². The fraction of sp³-hybridized carbons (Fsp3) is 0.568. The number of hydrogen-bond acceptors (Lipinski definition) is 4. The summed E-state index contributed by atoms with van der Waals surface area (Å²) < 4.78 is 2.13. The quantitative estimate of drug-likeness (QED) is 0.276. The minimum atomic E-state index is -0.616. The first-order valence-corrected chi connectivity index (χ1v) is 16.9. The van der Waals surface area contributed by atoms with E-state index in [1.54, 1.807) is 0 Å². The zero-order chi connectivity index (χ0) is 29.6. The van der Waals surface area contributed by atoms with Crippen molar-refractivity contribution < 1.29 is 9.90 Å². The number of benzene rings is 2. The summed E-state index contributed by atoms with van der Waals surface area (Å²) in [6, 6.07) is 21.3. The first-order chi connectivity index (χ1) is 21.1. The SMILES string of the molecule is CCn1cc(CCc2ccccc2)c(C2CCN(C[C@H]3CN([C@@H](C(=O)O)C4CCCCC4)C[C@@H]3c3ccccc3)CC2)n1. The summed E-state index contributed by atoms with van der Waals surface area (Å²) in [7, 11) is 0. The zero-order valence-corrected chi connectivity index (χ0v) is 26.0. The van der Waals surface area contributed by atoms with Gasteiger partial charge in [-0.3, -0.25) is 14.4 Å². The number of nitrogens with zero attached hydrogens (tertiary/aromatic N) is 4. The molecule has 0 amide bonds. The summed E-state index contributed by atoms with van der Waals surface area (Å²) in [5.74, 6) is 1.02. The number of likely N-dealkylation sites (tertiary alicyclic amines) is 2. The highest BCUT2D eigenvalue weighted by molar-refractivity contribution is 5.74. The maximum Gasteiger partial charge on any atom is 0.321 e. The molecule has 2 saturated heterocycles. The van der Waals surface area contributed by atoms with E-state index >= 15 is 0 Å². The first kappa shape index (κ1) is 30.1. The van der Waals surface area contributed by atoms with E-state index in [1.165, 1.54) is 41.6 Å². The lowest BCUT2D eigenvalue weighted by Crippen LogP contribution is -2.46. The number of rotatable bonds is 11. The molecule has 230 valence electrons. The third-order valence-corrected chi connectivity index (χ3v) is 10.6.